The number of carbonyl (C=O) groups excluding carboxylic acids is 1. The first-order valence-electron chi connectivity index (χ1n) is 7.16. The van der Waals surface area contributed by atoms with E-state index >= 15 is 0 Å². The molecule has 7 nitrogen and oxygen atoms in total. The van der Waals surface area contributed by atoms with Crippen LogP contribution in [0.2, 0.25) is 0 Å². The van der Waals surface area contributed by atoms with Gasteiger partial charge in [0.05, 0.1) is 19.3 Å². The molecular formula is C13H23N3O4. The van der Waals surface area contributed by atoms with Crippen LogP contribution in [0.15, 0.2) is 0 Å². The largest absolute Gasteiger partial charge is 0.481 e. The molecule has 2 amide bonds. The van der Waals surface area contributed by atoms with Crippen LogP contribution in [-0.2, 0) is 9.53 Å². The predicted molar refractivity (Wildman–Crippen MR) is 72.5 cm³/mol. The highest BCUT2D eigenvalue weighted by Gasteiger charge is 2.35. The summed E-state index contributed by atoms with van der Waals surface area (Å²) in [7, 11) is 0. The summed E-state index contributed by atoms with van der Waals surface area (Å²) in [6, 6.07) is -0.733. The molecule has 2 aliphatic rings. The van der Waals surface area contributed by atoms with E-state index in [1.165, 1.54) is 12.8 Å². The van der Waals surface area contributed by atoms with E-state index in [0.717, 1.165) is 19.6 Å². The van der Waals surface area contributed by atoms with Gasteiger partial charge in [-0.15, -0.1) is 0 Å². The van der Waals surface area contributed by atoms with Crippen molar-refractivity contribution in [3.8, 4) is 0 Å². The van der Waals surface area contributed by atoms with Crippen molar-refractivity contribution in [1.29, 1.82) is 0 Å². The maximum absolute atomic E-state index is 11.9. The number of nitrogens with zero attached hydrogens (tertiary/aromatic N) is 1. The van der Waals surface area contributed by atoms with Crippen molar-refractivity contribution in [2.24, 2.45) is 5.92 Å². The van der Waals surface area contributed by atoms with Gasteiger partial charge in [-0.1, -0.05) is 0 Å². The molecule has 3 unspecified atom stereocenters. The quantitative estimate of drug-likeness (QED) is 0.654. The lowest BCUT2D eigenvalue weighted by atomic mass is 10.0. The average Bonchev–Trinajstić information content (AvgIpc) is 2.99. The molecule has 2 saturated heterocycles. The number of amides is 2. The second-order valence-electron chi connectivity index (χ2n) is 5.62. The average molecular weight is 285 g/mol. The van der Waals surface area contributed by atoms with E-state index in [-0.39, 0.29) is 25.3 Å². The number of aliphatic carboxylic acids is 1. The van der Waals surface area contributed by atoms with Crippen molar-refractivity contribution in [1.82, 2.24) is 15.5 Å². The predicted octanol–water partition coefficient (Wildman–Crippen LogP) is -0.130. The van der Waals surface area contributed by atoms with E-state index in [2.05, 4.69) is 15.5 Å². The van der Waals surface area contributed by atoms with Gasteiger partial charge in [-0.05, 0) is 32.9 Å². The molecule has 0 aromatic heterocycles. The van der Waals surface area contributed by atoms with Crippen LogP contribution in [0.3, 0.4) is 0 Å². The van der Waals surface area contributed by atoms with E-state index in [9.17, 15) is 9.59 Å². The highest BCUT2D eigenvalue weighted by Crippen LogP contribution is 2.13. The maximum atomic E-state index is 11.9. The number of carboxylic acids is 1. The standard InChI is InChI=1S/C13H23N3O4/c1-9(6-16-4-2-3-5-16)14-13(19)15-11-8-20-7-10(11)12(17)18/h9-11H,2-8H2,1H3,(H,17,18)(H2,14,15,19). The van der Waals surface area contributed by atoms with Crippen molar-refractivity contribution in [2.75, 3.05) is 32.8 Å². The molecule has 3 atom stereocenters. The Bertz CT molecular complexity index is 358. The van der Waals surface area contributed by atoms with Crippen molar-refractivity contribution in [2.45, 2.75) is 31.8 Å². The number of hydrogen-bond acceptors (Lipinski definition) is 4. The summed E-state index contributed by atoms with van der Waals surface area (Å²) in [4.78, 5) is 25.2. The Morgan fingerprint density at radius 2 is 2.05 bits per heavy atom. The Morgan fingerprint density at radius 1 is 1.35 bits per heavy atom. The van der Waals surface area contributed by atoms with Crippen LogP contribution in [0, 0.1) is 5.92 Å². The molecule has 0 spiro atoms. The third-order valence-corrected chi connectivity index (χ3v) is 3.82. The first-order chi connectivity index (χ1) is 9.56. The van der Waals surface area contributed by atoms with E-state index in [0.29, 0.717) is 0 Å². The molecule has 0 aromatic rings. The van der Waals surface area contributed by atoms with Crippen LogP contribution < -0.4 is 10.6 Å². The summed E-state index contributed by atoms with van der Waals surface area (Å²) in [6.07, 6.45) is 2.44. The van der Waals surface area contributed by atoms with Crippen LogP contribution in [-0.4, -0.2) is 66.9 Å². The second kappa shape index (κ2) is 6.90. The number of hydrogen-bond donors (Lipinski definition) is 3. The van der Waals surface area contributed by atoms with Gasteiger partial charge in [0.15, 0.2) is 0 Å². The zero-order chi connectivity index (χ0) is 14.5. The molecule has 2 fully saturated rings. The van der Waals surface area contributed by atoms with Gasteiger partial charge in [0.25, 0.3) is 0 Å². The molecule has 0 saturated carbocycles. The van der Waals surface area contributed by atoms with Crippen LogP contribution >= 0.6 is 0 Å². The molecule has 0 radical (unpaired) electrons. The number of carboxylic acid groups (broad SMARTS) is 1. The molecule has 20 heavy (non-hydrogen) atoms. The lowest BCUT2D eigenvalue weighted by molar-refractivity contribution is -0.142. The zero-order valence-corrected chi connectivity index (χ0v) is 11.8. The molecule has 2 rings (SSSR count). The van der Waals surface area contributed by atoms with Crippen molar-refractivity contribution >= 4 is 12.0 Å². The summed E-state index contributed by atoms with van der Waals surface area (Å²) in [5.41, 5.74) is 0. The fraction of sp³-hybridized carbons (Fsp3) is 0.846. The van der Waals surface area contributed by atoms with Gasteiger partial charge in [0.1, 0.15) is 5.92 Å². The summed E-state index contributed by atoms with van der Waals surface area (Å²) in [5, 5.41) is 14.6. The molecular weight excluding hydrogens is 262 g/mol. The molecule has 0 aliphatic carbocycles. The minimum Gasteiger partial charge on any atom is -0.481 e. The summed E-state index contributed by atoms with van der Waals surface area (Å²) in [6.45, 7) is 5.37. The van der Waals surface area contributed by atoms with E-state index in [1.54, 1.807) is 0 Å². The molecule has 2 heterocycles. The number of urea groups is 1. The fourth-order valence-corrected chi connectivity index (χ4v) is 2.77. The first kappa shape index (κ1) is 15.1. The van der Waals surface area contributed by atoms with Crippen LogP contribution in [0.1, 0.15) is 19.8 Å². The van der Waals surface area contributed by atoms with E-state index < -0.39 is 17.9 Å². The Morgan fingerprint density at radius 3 is 2.70 bits per heavy atom. The number of likely N-dealkylation sites (tertiary alicyclic amines) is 1. The maximum Gasteiger partial charge on any atom is 0.315 e. The lowest BCUT2D eigenvalue weighted by Gasteiger charge is -2.23. The highest BCUT2D eigenvalue weighted by atomic mass is 16.5. The van der Waals surface area contributed by atoms with Gasteiger partial charge in [-0.2, -0.15) is 0 Å². The Hall–Kier alpha value is -1.34. The summed E-state index contributed by atoms with van der Waals surface area (Å²) < 4.78 is 5.11. The SMILES string of the molecule is CC(CN1CCCC1)NC(=O)NC1COCC1C(=O)O. The second-order valence-corrected chi connectivity index (χ2v) is 5.62. The molecule has 2 aliphatic heterocycles. The van der Waals surface area contributed by atoms with Crippen LogP contribution in [0.5, 0.6) is 0 Å². The minimum absolute atomic E-state index is 0.0405. The number of carbonyl (C=O) groups is 2. The van der Waals surface area contributed by atoms with Crippen LogP contribution in [0.4, 0.5) is 4.79 Å². The Kier molecular flexibility index (Phi) is 5.19. The minimum atomic E-state index is -0.932. The van der Waals surface area contributed by atoms with Crippen molar-refractivity contribution in [3.05, 3.63) is 0 Å². The molecule has 3 N–H and O–H groups in total. The third kappa shape index (κ3) is 4.08. The normalized spacial score (nSPS) is 28.2. The van der Waals surface area contributed by atoms with Crippen molar-refractivity contribution < 1.29 is 19.4 Å². The summed E-state index contributed by atoms with van der Waals surface area (Å²) in [5.74, 6) is -1.59. The molecule has 7 heteroatoms. The van der Waals surface area contributed by atoms with Gasteiger partial charge in [-0.3, -0.25) is 4.79 Å². The van der Waals surface area contributed by atoms with E-state index in [1.807, 2.05) is 6.92 Å². The topological polar surface area (TPSA) is 90.9 Å². The van der Waals surface area contributed by atoms with Gasteiger partial charge in [0.2, 0.25) is 0 Å². The highest BCUT2D eigenvalue weighted by molar-refractivity contribution is 5.77. The van der Waals surface area contributed by atoms with Crippen molar-refractivity contribution in [3.63, 3.8) is 0 Å². The number of nitrogens with one attached hydrogen (secondary N) is 2. The summed E-state index contributed by atoms with van der Waals surface area (Å²) >= 11 is 0. The monoisotopic (exact) mass is 285 g/mol. The number of ether oxygens (including phenoxy) is 1. The van der Waals surface area contributed by atoms with Gasteiger partial charge in [-0.25, -0.2) is 4.79 Å². The van der Waals surface area contributed by atoms with Gasteiger partial charge < -0.3 is 25.4 Å². The Balaban J connectivity index is 1.72. The van der Waals surface area contributed by atoms with Crippen LogP contribution in [0.25, 0.3) is 0 Å². The smallest absolute Gasteiger partial charge is 0.315 e. The first-order valence-corrected chi connectivity index (χ1v) is 7.16. The Labute approximate surface area is 118 Å². The number of rotatable bonds is 5. The molecule has 0 bridgehead atoms. The molecule has 114 valence electrons. The van der Waals surface area contributed by atoms with E-state index in [4.69, 9.17) is 9.84 Å². The van der Waals surface area contributed by atoms with Gasteiger partial charge >= 0.3 is 12.0 Å². The zero-order valence-electron chi connectivity index (χ0n) is 11.8. The lowest BCUT2D eigenvalue weighted by Crippen LogP contribution is -2.51. The fourth-order valence-electron chi connectivity index (χ4n) is 2.77. The third-order valence-electron chi connectivity index (χ3n) is 3.82. The molecule has 0 aromatic carbocycles. The van der Waals surface area contributed by atoms with Gasteiger partial charge in [0, 0.05) is 12.6 Å².